The average molecular weight is 363 g/mol. The van der Waals surface area contributed by atoms with E-state index in [1.54, 1.807) is 26.8 Å². The summed E-state index contributed by atoms with van der Waals surface area (Å²) in [4.78, 5) is 0. The summed E-state index contributed by atoms with van der Waals surface area (Å²) in [6.45, 7) is 9.98. The predicted octanol–water partition coefficient (Wildman–Crippen LogP) is 4.47. The van der Waals surface area contributed by atoms with Crippen molar-refractivity contribution in [3.05, 3.63) is 42.0 Å². The molecule has 1 aromatic carbocycles. The molecule has 136 valence electrons. The molecule has 1 N–H and O–H groups in total. The summed E-state index contributed by atoms with van der Waals surface area (Å²) < 4.78 is 61.4. The highest BCUT2D eigenvalue weighted by Crippen LogP contribution is 2.44. The summed E-state index contributed by atoms with van der Waals surface area (Å²) >= 11 is 0. The van der Waals surface area contributed by atoms with Crippen LogP contribution in [0.2, 0.25) is 0 Å². The lowest BCUT2D eigenvalue weighted by Crippen LogP contribution is -2.57. The first-order valence-corrected chi connectivity index (χ1v) is 8.54. The second-order valence-electron chi connectivity index (χ2n) is 6.75. The van der Waals surface area contributed by atoms with Crippen molar-refractivity contribution >= 4 is 11.0 Å². The molecule has 1 rings (SSSR count). The van der Waals surface area contributed by atoms with Crippen LogP contribution in [0.4, 0.5) is 13.2 Å². The van der Waals surface area contributed by atoms with Gasteiger partial charge in [0.2, 0.25) is 0 Å². The van der Waals surface area contributed by atoms with Gasteiger partial charge >= 0.3 is 6.18 Å². The zero-order valence-electron chi connectivity index (χ0n) is 14.6. The number of methoxy groups -OCH3 is 1. The summed E-state index contributed by atoms with van der Waals surface area (Å²) in [5.74, 6) is 0.297. The second-order valence-corrected chi connectivity index (χ2v) is 8.72. The smallest absolute Gasteiger partial charge is 0.411 e. The Balaban J connectivity index is 3.58. The monoisotopic (exact) mass is 363 g/mol. The Labute approximate surface area is 143 Å². The lowest BCUT2D eigenvalue weighted by atomic mass is 9.84. The number of alkyl halides is 3. The van der Waals surface area contributed by atoms with Gasteiger partial charge in [-0.05, 0) is 51.8 Å². The minimum absolute atomic E-state index is 0.0602. The first-order valence-electron chi connectivity index (χ1n) is 7.39. The van der Waals surface area contributed by atoms with Crippen LogP contribution < -0.4 is 9.46 Å². The normalized spacial score (nSPS) is 16.3. The summed E-state index contributed by atoms with van der Waals surface area (Å²) in [5, 5.41) is 0. The van der Waals surface area contributed by atoms with Gasteiger partial charge in [0.25, 0.3) is 0 Å². The van der Waals surface area contributed by atoms with Gasteiger partial charge in [0.15, 0.2) is 5.54 Å². The zero-order chi connectivity index (χ0) is 18.8. The van der Waals surface area contributed by atoms with Crippen molar-refractivity contribution < 1.29 is 22.1 Å². The van der Waals surface area contributed by atoms with Gasteiger partial charge in [-0.25, -0.2) is 8.93 Å². The Bertz CT molecular complexity index is 623. The van der Waals surface area contributed by atoms with Crippen LogP contribution in [0.15, 0.2) is 36.4 Å². The molecular weight excluding hydrogens is 339 g/mol. The molecule has 0 unspecified atom stereocenters. The van der Waals surface area contributed by atoms with Gasteiger partial charge in [-0.3, -0.25) is 0 Å². The van der Waals surface area contributed by atoms with E-state index in [1.165, 1.54) is 32.2 Å². The molecule has 24 heavy (non-hydrogen) atoms. The number of rotatable bonds is 6. The van der Waals surface area contributed by atoms with Gasteiger partial charge < -0.3 is 4.74 Å². The number of ether oxygens (including phenoxy) is 1. The molecule has 0 aliphatic carbocycles. The van der Waals surface area contributed by atoms with Crippen LogP contribution in [0.5, 0.6) is 5.75 Å². The maximum absolute atomic E-state index is 14.1. The van der Waals surface area contributed by atoms with Gasteiger partial charge in [-0.15, -0.1) is 6.58 Å². The van der Waals surface area contributed by atoms with E-state index in [1.807, 2.05) is 0 Å². The molecule has 0 aliphatic rings. The fourth-order valence-electron chi connectivity index (χ4n) is 2.17. The number of halogens is 3. The minimum atomic E-state index is -4.68. The van der Waals surface area contributed by atoms with Crippen molar-refractivity contribution in [3.8, 4) is 5.75 Å². The van der Waals surface area contributed by atoms with E-state index in [9.17, 15) is 17.4 Å². The van der Waals surface area contributed by atoms with Crippen LogP contribution in [0.3, 0.4) is 0 Å². The lowest BCUT2D eigenvalue weighted by Gasteiger charge is -2.38. The molecule has 0 fully saturated rings. The van der Waals surface area contributed by atoms with E-state index in [0.717, 1.165) is 0 Å². The van der Waals surface area contributed by atoms with E-state index < -0.39 is 33.9 Å². The van der Waals surface area contributed by atoms with Crippen molar-refractivity contribution in [2.24, 2.45) is 0 Å². The number of nitrogens with one attached hydrogen (secondary N) is 1. The summed E-state index contributed by atoms with van der Waals surface area (Å²) in [6, 6.07) is 5.70. The standard InChI is InChI=1S/C17H24F3NO2S/c1-12(2)11-16(17(18,19)20,21-24(22)15(3,4)5)13-8-7-9-14(10-13)23-6/h7-10,21H,1,11H2,2-6H3/t16-,24-/m0/s1. The van der Waals surface area contributed by atoms with Crippen molar-refractivity contribution in [2.45, 2.75) is 50.6 Å². The molecule has 0 saturated carbocycles. The highest BCUT2D eigenvalue weighted by atomic mass is 32.2. The van der Waals surface area contributed by atoms with Crippen molar-refractivity contribution in [2.75, 3.05) is 7.11 Å². The van der Waals surface area contributed by atoms with E-state index >= 15 is 0 Å². The molecule has 7 heteroatoms. The third-order valence-corrected chi connectivity index (χ3v) is 5.08. The molecule has 0 aromatic heterocycles. The SMILES string of the molecule is C=C(C)C[C@](N[S@@](=O)C(C)(C)C)(c1cccc(OC)c1)C(F)(F)F. The lowest BCUT2D eigenvalue weighted by molar-refractivity contribution is -0.194. The van der Waals surface area contributed by atoms with Crippen LogP contribution >= 0.6 is 0 Å². The highest BCUT2D eigenvalue weighted by molar-refractivity contribution is 7.84. The average Bonchev–Trinajstić information content (AvgIpc) is 2.43. The Hall–Kier alpha value is -1.34. The second kappa shape index (κ2) is 7.27. The van der Waals surface area contributed by atoms with Crippen LogP contribution in [-0.4, -0.2) is 22.2 Å². The van der Waals surface area contributed by atoms with Gasteiger partial charge in [0.1, 0.15) is 5.75 Å². The quantitative estimate of drug-likeness (QED) is 0.757. The van der Waals surface area contributed by atoms with Crippen LogP contribution in [0, 0.1) is 0 Å². The molecule has 0 heterocycles. The van der Waals surface area contributed by atoms with Crippen LogP contribution in [0.25, 0.3) is 0 Å². The number of benzene rings is 1. The zero-order valence-corrected chi connectivity index (χ0v) is 15.4. The fraction of sp³-hybridized carbons (Fsp3) is 0.529. The Morgan fingerprint density at radius 3 is 2.29 bits per heavy atom. The maximum Gasteiger partial charge on any atom is 0.411 e. The van der Waals surface area contributed by atoms with Gasteiger partial charge in [0, 0.05) is 0 Å². The third kappa shape index (κ3) is 4.60. The molecule has 0 aliphatic heterocycles. The van der Waals surface area contributed by atoms with E-state index in [-0.39, 0.29) is 5.56 Å². The molecule has 0 bridgehead atoms. The first kappa shape index (κ1) is 20.7. The van der Waals surface area contributed by atoms with Crippen LogP contribution in [0.1, 0.15) is 39.7 Å². The number of hydrogen-bond acceptors (Lipinski definition) is 2. The topological polar surface area (TPSA) is 38.3 Å². The van der Waals surface area contributed by atoms with Crippen molar-refractivity contribution in [1.29, 1.82) is 0 Å². The Morgan fingerprint density at radius 2 is 1.88 bits per heavy atom. The maximum atomic E-state index is 14.1. The molecule has 3 nitrogen and oxygen atoms in total. The molecule has 0 amide bonds. The summed E-state index contributed by atoms with van der Waals surface area (Å²) in [6.07, 6.45) is -5.11. The summed E-state index contributed by atoms with van der Waals surface area (Å²) in [5.41, 5.74) is -2.24. The highest BCUT2D eigenvalue weighted by Gasteiger charge is 2.57. The number of hydrogen-bond donors (Lipinski definition) is 1. The predicted molar refractivity (Wildman–Crippen MR) is 91.2 cm³/mol. The van der Waals surface area contributed by atoms with Gasteiger partial charge in [-0.1, -0.05) is 17.7 Å². The summed E-state index contributed by atoms with van der Waals surface area (Å²) in [7, 11) is -0.548. The molecule has 0 saturated heterocycles. The largest absolute Gasteiger partial charge is 0.497 e. The third-order valence-electron chi connectivity index (χ3n) is 3.44. The van der Waals surface area contributed by atoms with Gasteiger partial charge in [-0.2, -0.15) is 13.2 Å². The first-order chi connectivity index (χ1) is 10.8. The van der Waals surface area contributed by atoms with E-state index in [4.69, 9.17) is 4.74 Å². The van der Waals surface area contributed by atoms with E-state index in [0.29, 0.717) is 11.3 Å². The van der Waals surface area contributed by atoms with Crippen molar-refractivity contribution in [1.82, 2.24) is 4.72 Å². The van der Waals surface area contributed by atoms with Crippen molar-refractivity contribution in [3.63, 3.8) is 0 Å². The van der Waals surface area contributed by atoms with E-state index in [2.05, 4.69) is 11.3 Å². The molecule has 0 spiro atoms. The molecule has 0 radical (unpaired) electrons. The molecule has 1 aromatic rings. The Kier molecular flexibility index (Phi) is 6.27. The fourth-order valence-corrected chi connectivity index (χ4v) is 3.10. The van der Waals surface area contributed by atoms with Gasteiger partial charge in [0.05, 0.1) is 22.8 Å². The Morgan fingerprint density at radius 1 is 1.29 bits per heavy atom. The molecule has 2 atom stereocenters. The minimum Gasteiger partial charge on any atom is -0.497 e. The molecular formula is C17H24F3NO2S. The van der Waals surface area contributed by atoms with Crippen LogP contribution in [-0.2, 0) is 16.5 Å².